The number of nitrogens with zero attached hydrogens (tertiary/aromatic N) is 2. The molecule has 2 rings (SSSR count). The number of carbonyl (C=O) groups excluding carboxylic acids is 2. The van der Waals surface area contributed by atoms with Crippen LogP contribution in [0.15, 0.2) is 18.2 Å². The fourth-order valence-corrected chi connectivity index (χ4v) is 3.28. The van der Waals surface area contributed by atoms with Gasteiger partial charge in [0.15, 0.2) is 0 Å². The highest BCUT2D eigenvalue weighted by Crippen LogP contribution is 2.27. The van der Waals surface area contributed by atoms with E-state index in [0.717, 1.165) is 13.0 Å². The van der Waals surface area contributed by atoms with Crippen molar-refractivity contribution < 1.29 is 14.3 Å². The molecule has 1 aliphatic rings. The zero-order valence-corrected chi connectivity index (χ0v) is 16.7. The first-order valence-electron chi connectivity index (χ1n) is 9.69. The maximum Gasteiger partial charge on any atom is 0.321 e. The Balaban J connectivity index is 1.83. The van der Waals surface area contributed by atoms with Crippen molar-refractivity contribution in [3.63, 3.8) is 0 Å². The van der Waals surface area contributed by atoms with E-state index in [1.165, 1.54) is 52.8 Å². The van der Waals surface area contributed by atoms with E-state index in [1.54, 1.807) is 30.1 Å². The van der Waals surface area contributed by atoms with E-state index < -0.39 is 0 Å². The second-order valence-corrected chi connectivity index (χ2v) is 7.06. The summed E-state index contributed by atoms with van der Waals surface area (Å²) in [4.78, 5) is 27.9. The Bertz CT molecular complexity index is 628. The predicted molar refractivity (Wildman–Crippen MR) is 108 cm³/mol. The molecule has 150 valence electrons. The first kappa shape index (κ1) is 21.0. The lowest BCUT2D eigenvalue weighted by Gasteiger charge is -2.22. The number of carbonyl (C=O) groups is 2. The van der Waals surface area contributed by atoms with E-state index in [9.17, 15) is 9.59 Å². The molecule has 0 radical (unpaired) electrons. The zero-order chi connectivity index (χ0) is 19.6. The summed E-state index contributed by atoms with van der Waals surface area (Å²) in [5.74, 6) is 0.358. The number of methoxy groups -OCH3 is 1. The monoisotopic (exact) mass is 376 g/mol. The van der Waals surface area contributed by atoms with Crippen molar-refractivity contribution in [2.75, 3.05) is 51.0 Å². The number of anilines is 2. The fraction of sp³-hybridized carbons (Fsp3) is 0.600. The van der Waals surface area contributed by atoms with Gasteiger partial charge in [0, 0.05) is 26.2 Å². The van der Waals surface area contributed by atoms with Gasteiger partial charge in [-0.1, -0.05) is 12.8 Å². The van der Waals surface area contributed by atoms with Crippen LogP contribution >= 0.6 is 0 Å². The summed E-state index contributed by atoms with van der Waals surface area (Å²) in [6, 6.07) is 5.01. The number of likely N-dealkylation sites (tertiary alicyclic amines) is 1. The summed E-state index contributed by atoms with van der Waals surface area (Å²) in [5.41, 5.74) is 1.15. The third-order valence-corrected chi connectivity index (χ3v) is 4.77. The average molecular weight is 377 g/mol. The Hall–Kier alpha value is -2.28. The number of benzene rings is 1. The molecular formula is C20H32N4O3. The summed E-state index contributed by atoms with van der Waals surface area (Å²) in [6.45, 7) is 5.52. The molecule has 0 unspecified atom stereocenters. The highest BCUT2D eigenvalue weighted by atomic mass is 16.5. The molecule has 0 bridgehead atoms. The normalized spacial score (nSPS) is 14.9. The number of rotatable bonds is 7. The first-order chi connectivity index (χ1) is 13.0. The smallest absolute Gasteiger partial charge is 0.321 e. The molecule has 7 nitrogen and oxygen atoms in total. The van der Waals surface area contributed by atoms with Crippen LogP contribution < -0.4 is 15.4 Å². The minimum atomic E-state index is -0.192. The van der Waals surface area contributed by atoms with Crippen molar-refractivity contribution >= 4 is 23.3 Å². The lowest BCUT2D eigenvalue weighted by Crippen LogP contribution is -2.34. The largest absolute Gasteiger partial charge is 0.495 e. The molecule has 1 fully saturated rings. The van der Waals surface area contributed by atoms with Gasteiger partial charge in [-0.15, -0.1) is 0 Å². The Labute approximate surface area is 162 Å². The van der Waals surface area contributed by atoms with Crippen LogP contribution in [0, 0.1) is 0 Å². The lowest BCUT2D eigenvalue weighted by atomic mass is 10.2. The zero-order valence-electron chi connectivity index (χ0n) is 16.7. The predicted octanol–water partition coefficient (Wildman–Crippen LogP) is 3.38. The van der Waals surface area contributed by atoms with Gasteiger partial charge in [0.05, 0.1) is 12.8 Å². The molecule has 1 aromatic rings. The minimum Gasteiger partial charge on any atom is -0.495 e. The summed E-state index contributed by atoms with van der Waals surface area (Å²) in [6.07, 6.45) is 6.20. The first-order valence-corrected chi connectivity index (χ1v) is 9.69. The van der Waals surface area contributed by atoms with Gasteiger partial charge < -0.3 is 25.2 Å². The summed E-state index contributed by atoms with van der Waals surface area (Å²) < 4.78 is 5.23. The van der Waals surface area contributed by atoms with Crippen LogP contribution in [0.25, 0.3) is 0 Å². The third kappa shape index (κ3) is 7.09. The van der Waals surface area contributed by atoms with E-state index >= 15 is 0 Å². The van der Waals surface area contributed by atoms with Crippen molar-refractivity contribution in [1.29, 1.82) is 0 Å². The summed E-state index contributed by atoms with van der Waals surface area (Å²) in [5, 5.41) is 5.58. The van der Waals surface area contributed by atoms with Crippen LogP contribution in [0.3, 0.4) is 0 Å². The molecule has 1 aliphatic heterocycles. The molecule has 0 aliphatic carbocycles. The van der Waals surface area contributed by atoms with Crippen LogP contribution in [0.4, 0.5) is 16.2 Å². The molecular weight excluding hydrogens is 344 g/mol. The van der Waals surface area contributed by atoms with E-state index in [1.807, 2.05) is 0 Å². The highest BCUT2D eigenvalue weighted by molar-refractivity contribution is 5.94. The number of ether oxygens (including phenoxy) is 1. The Morgan fingerprint density at radius 2 is 1.85 bits per heavy atom. The Kier molecular flexibility index (Phi) is 8.39. The van der Waals surface area contributed by atoms with Gasteiger partial charge >= 0.3 is 6.03 Å². The third-order valence-electron chi connectivity index (χ3n) is 4.77. The highest BCUT2D eigenvalue weighted by Gasteiger charge is 2.13. The van der Waals surface area contributed by atoms with E-state index in [0.29, 0.717) is 23.7 Å². The average Bonchev–Trinajstić information content (AvgIpc) is 2.90. The minimum absolute atomic E-state index is 0.162. The quantitative estimate of drug-likeness (QED) is 0.765. The molecule has 1 saturated heterocycles. The molecule has 1 heterocycles. The van der Waals surface area contributed by atoms with Crippen LogP contribution in [0.5, 0.6) is 5.75 Å². The van der Waals surface area contributed by atoms with Crippen LogP contribution in [-0.4, -0.2) is 62.1 Å². The number of hydrogen-bond donors (Lipinski definition) is 2. The summed E-state index contributed by atoms with van der Waals surface area (Å²) in [7, 11) is 3.34. The van der Waals surface area contributed by atoms with Gasteiger partial charge in [-0.25, -0.2) is 4.79 Å². The van der Waals surface area contributed by atoms with Gasteiger partial charge in [0.1, 0.15) is 5.75 Å². The molecule has 7 heteroatoms. The molecule has 3 amide bonds. The SMILES string of the molecule is COc1ccc(NC(=O)N(C)CCCN2CCCCCC2)cc1NC(C)=O. The van der Waals surface area contributed by atoms with Gasteiger partial charge in [-0.3, -0.25) is 4.79 Å². The van der Waals surface area contributed by atoms with Gasteiger partial charge in [-0.05, 0) is 57.1 Å². The van der Waals surface area contributed by atoms with Crippen LogP contribution in [0.1, 0.15) is 39.0 Å². The van der Waals surface area contributed by atoms with Crippen molar-refractivity contribution in [1.82, 2.24) is 9.80 Å². The van der Waals surface area contributed by atoms with Gasteiger partial charge in [-0.2, -0.15) is 0 Å². The van der Waals surface area contributed by atoms with Crippen molar-refractivity contribution in [2.45, 2.75) is 39.0 Å². The molecule has 27 heavy (non-hydrogen) atoms. The van der Waals surface area contributed by atoms with Crippen LogP contribution in [0.2, 0.25) is 0 Å². The lowest BCUT2D eigenvalue weighted by molar-refractivity contribution is -0.114. The van der Waals surface area contributed by atoms with Gasteiger partial charge in [0.2, 0.25) is 5.91 Å². The van der Waals surface area contributed by atoms with Crippen molar-refractivity contribution in [2.24, 2.45) is 0 Å². The van der Waals surface area contributed by atoms with Crippen molar-refractivity contribution in [3.05, 3.63) is 18.2 Å². The number of amides is 3. The molecule has 0 aromatic heterocycles. The van der Waals surface area contributed by atoms with Gasteiger partial charge in [0.25, 0.3) is 0 Å². The molecule has 0 atom stereocenters. The second kappa shape index (κ2) is 10.8. The fourth-order valence-electron chi connectivity index (χ4n) is 3.28. The Morgan fingerprint density at radius 3 is 2.48 bits per heavy atom. The van der Waals surface area contributed by atoms with Crippen molar-refractivity contribution in [3.8, 4) is 5.75 Å². The second-order valence-electron chi connectivity index (χ2n) is 7.06. The number of nitrogens with one attached hydrogen (secondary N) is 2. The topological polar surface area (TPSA) is 73.9 Å². The maximum atomic E-state index is 12.4. The van der Waals surface area contributed by atoms with E-state index in [2.05, 4.69) is 15.5 Å². The standard InChI is InChI=1S/C20H32N4O3/c1-16(25)21-18-15-17(9-10-19(18)27-3)22-20(26)23(2)11-8-14-24-12-6-4-5-7-13-24/h9-10,15H,4-8,11-14H2,1-3H3,(H,21,25)(H,22,26). The molecule has 1 aromatic carbocycles. The number of hydrogen-bond acceptors (Lipinski definition) is 4. The maximum absolute atomic E-state index is 12.4. The summed E-state index contributed by atoms with van der Waals surface area (Å²) >= 11 is 0. The molecule has 0 spiro atoms. The number of urea groups is 1. The van der Waals surface area contributed by atoms with Crippen LogP contribution in [-0.2, 0) is 4.79 Å². The van der Waals surface area contributed by atoms with E-state index in [-0.39, 0.29) is 11.9 Å². The van der Waals surface area contributed by atoms with E-state index in [4.69, 9.17) is 4.74 Å². The molecule has 2 N–H and O–H groups in total. The Morgan fingerprint density at radius 1 is 1.15 bits per heavy atom. The molecule has 0 saturated carbocycles.